The third-order valence-corrected chi connectivity index (χ3v) is 6.69. The van der Waals surface area contributed by atoms with Crippen LogP contribution in [-0.2, 0) is 9.53 Å². The van der Waals surface area contributed by atoms with Crippen molar-refractivity contribution in [3.05, 3.63) is 53.5 Å². The molecule has 2 aliphatic rings. The van der Waals surface area contributed by atoms with E-state index >= 15 is 4.39 Å². The molecule has 8 nitrogen and oxygen atoms in total. The molecule has 2 aliphatic heterocycles. The second kappa shape index (κ2) is 9.71. The molecule has 10 heteroatoms. The van der Waals surface area contributed by atoms with Crippen molar-refractivity contribution in [1.29, 1.82) is 0 Å². The molecule has 2 atom stereocenters. The fourth-order valence-corrected chi connectivity index (χ4v) is 4.89. The number of pyridine rings is 2. The molecule has 2 fully saturated rings. The zero-order chi connectivity index (χ0) is 24.5. The number of likely N-dealkylation sites (N-methyl/N-ethyl adjacent to an activating group) is 1. The molecule has 0 aliphatic carbocycles. The van der Waals surface area contributed by atoms with E-state index in [1.54, 1.807) is 19.4 Å². The van der Waals surface area contributed by atoms with Crippen molar-refractivity contribution in [3.8, 4) is 0 Å². The van der Waals surface area contributed by atoms with Crippen LogP contribution in [0.5, 0.6) is 0 Å². The summed E-state index contributed by atoms with van der Waals surface area (Å²) in [6.45, 7) is 4.69. The number of rotatable bonds is 5. The first-order valence-electron chi connectivity index (χ1n) is 11.8. The van der Waals surface area contributed by atoms with E-state index in [9.17, 15) is 9.18 Å². The van der Waals surface area contributed by atoms with E-state index in [1.165, 1.54) is 6.07 Å². The molecule has 35 heavy (non-hydrogen) atoms. The summed E-state index contributed by atoms with van der Waals surface area (Å²) in [5.74, 6) is -1.47. The minimum Gasteiger partial charge on any atom is -0.378 e. The fraction of sp³-hybridized carbons (Fsp3) is 0.400. The van der Waals surface area contributed by atoms with Gasteiger partial charge in [-0.05, 0) is 31.4 Å². The third kappa shape index (κ3) is 4.63. The summed E-state index contributed by atoms with van der Waals surface area (Å²) in [5.41, 5.74) is 3.74. The van der Waals surface area contributed by atoms with E-state index < -0.39 is 11.6 Å². The van der Waals surface area contributed by atoms with Gasteiger partial charge in [0.1, 0.15) is 11.6 Å². The van der Waals surface area contributed by atoms with Crippen molar-refractivity contribution < 1.29 is 18.3 Å². The number of benzene rings is 1. The molecule has 2 saturated heterocycles. The van der Waals surface area contributed by atoms with E-state index in [4.69, 9.17) is 4.74 Å². The molecule has 0 radical (unpaired) electrons. The number of aromatic nitrogens is 2. The highest BCUT2D eigenvalue weighted by atomic mass is 19.1. The number of nitrogens with one attached hydrogen (secondary N) is 3. The van der Waals surface area contributed by atoms with Crippen LogP contribution in [0, 0.1) is 18.6 Å². The zero-order valence-electron chi connectivity index (χ0n) is 19.7. The first-order chi connectivity index (χ1) is 16.9. The van der Waals surface area contributed by atoms with Gasteiger partial charge in [0.2, 0.25) is 5.91 Å². The maximum Gasteiger partial charge on any atom is 0.236 e. The van der Waals surface area contributed by atoms with Gasteiger partial charge in [-0.15, -0.1) is 0 Å². The van der Waals surface area contributed by atoms with Crippen LogP contribution in [0.2, 0.25) is 0 Å². The van der Waals surface area contributed by atoms with E-state index in [0.717, 1.165) is 30.4 Å². The maximum atomic E-state index is 15.1. The number of amides is 1. The lowest BCUT2D eigenvalue weighted by atomic mass is 10.0. The molecule has 2 unspecified atom stereocenters. The maximum absolute atomic E-state index is 15.1. The molecule has 4 heterocycles. The van der Waals surface area contributed by atoms with Crippen LogP contribution in [-0.4, -0.2) is 55.3 Å². The Labute approximate surface area is 202 Å². The largest absolute Gasteiger partial charge is 0.378 e. The van der Waals surface area contributed by atoms with Gasteiger partial charge in [-0.3, -0.25) is 20.1 Å². The monoisotopic (exact) mass is 482 g/mol. The van der Waals surface area contributed by atoms with Crippen molar-refractivity contribution in [1.82, 2.24) is 20.6 Å². The van der Waals surface area contributed by atoms with Crippen molar-refractivity contribution >= 4 is 33.9 Å². The topological polar surface area (TPSA) is 91.4 Å². The lowest BCUT2D eigenvalue weighted by Gasteiger charge is -2.29. The summed E-state index contributed by atoms with van der Waals surface area (Å²) in [5, 5.41) is 9.52. The summed E-state index contributed by atoms with van der Waals surface area (Å²) in [7, 11) is 1.60. The number of carbonyl (C=O) groups excluding carboxylic acids is 1. The van der Waals surface area contributed by atoms with Gasteiger partial charge in [0.15, 0.2) is 0 Å². The van der Waals surface area contributed by atoms with Crippen molar-refractivity contribution in [3.63, 3.8) is 0 Å². The van der Waals surface area contributed by atoms with Gasteiger partial charge in [-0.25, -0.2) is 8.78 Å². The molecule has 0 bridgehead atoms. The Morgan fingerprint density at radius 1 is 1.17 bits per heavy atom. The van der Waals surface area contributed by atoms with Crippen molar-refractivity contribution in [2.45, 2.75) is 31.8 Å². The van der Waals surface area contributed by atoms with Crippen LogP contribution in [0.4, 0.5) is 25.8 Å². The molecule has 5 rings (SSSR count). The molecule has 3 N–H and O–H groups in total. The van der Waals surface area contributed by atoms with E-state index in [2.05, 4.69) is 30.8 Å². The highest BCUT2D eigenvalue weighted by Crippen LogP contribution is 2.38. The predicted octanol–water partition coefficient (Wildman–Crippen LogP) is 3.34. The number of hydrogen-bond donors (Lipinski definition) is 3. The number of morpholine rings is 1. The molecular weight excluding hydrogens is 454 g/mol. The van der Waals surface area contributed by atoms with Crippen LogP contribution < -0.4 is 20.9 Å². The predicted molar refractivity (Wildman–Crippen MR) is 130 cm³/mol. The summed E-state index contributed by atoms with van der Waals surface area (Å²) in [6, 6.07) is 3.51. The highest BCUT2D eigenvalue weighted by Gasteiger charge is 2.32. The van der Waals surface area contributed by atoms with Crippen LogP contribution >= 0.6 is 0 Å². The first kappa shape index (κ1) is 23.4. The first-order valence-corrected chi connectivity index (χ1v) is 11.8. The molecule has 184 valence electrons. The van der Waals surface area contributed by atoms with Gasteiger partial charge in [-0.2, -0.15) is 0 Å². The van der Waals surface area contributed by atoms with E-state index in [0.29, 0.717) is 43.1 Å². The van der Waals surface area contributed by atoms with E-state index in [-0.39, 0.29) is 28.9 Å². The quantitative estimate of drug-likeness (QED) is 0.514. The lowest BCUT2D eigenvalue weighted by Crippen LogP contribution is -2.39. The van der Waals surface area contributed by atoms with Crippen LogP contribution in [0.15, 0.2) is 30.6 Å². The smallest absolute Gasteiger partial charge is 0.236 e. The van der Waals surface area contributed by atoms with Gasteiger partial charge in [0, 0.05) is 32.3 Å². The van der Waals surface area contributed by atoms with Crippen molar-refractivity contribution in [2.24, 2.45) is 0 Å². The van der Waals surface area contributed by atoms with Crippen molar-refractivity contribution in [2.75, 3.05) is 43.6 Å². The Morgan fingerprint density at radius 3 is 2.74 bits per heavy atom. The number of nitrogens with zero attached hydrogens (tertiary/aromatic N) is 3. The molecule has 2 aromatic heterocycles. The molecule has 0 saturated carbocycles. The SMILES string of the molecule is CNC(=O)C1CCC(c2nc3cc(F)cc(F)c3c(Nc3cncc(N4CCOCC4)c3)c2C)N1. The number of anilines is 3. The third-order valence-electron chi connectivity index (χ3n) is 6.69. The molecular formula is C25H28F2N6O2. The van der Waals surface area contributed by atoms with Crippen LogP contribution in [0.1, 0.15) is 30.1 Å². The second-order valence-corrected chi connectivity index (χ2v) is 8.90. The molecule has 3 aromatic rings. The van der Waals surface area contributed by atoms with Gasteiger partial charge in [0.25, 0.3) is 0 Å². The minimum absolute atomic E-state index is 0.0904. The summed E-state index contributed by atoms with van der Waals surface area (Å²) in [6.07, 6.45) is 4.79. The Bertz CT molecular complexity index is 1260. The average Bonchev–Trinajstić information content (AvgIpc) is 3.36. The zero-order valence-corrected chi connectivity index (χ0v) is 19.7. The normalized spacial score (nSPS) is 20.3. The molecule has 1 aromatic carbocycles. The summed E-state index contributed by atoms with van der Waals surface area (Å²) in [4.78, 5) is 23.3. The summed E-state index contributed by atoms with van der Waals surface area (Å²) < 4.78 is 34.6. The van der Waals surface area contributed by atoms with Crippen LogP contribution in [0.3, 0.4) is 0 Å². The highest BCUT2D eigenvalue weighted by molar-refractivity contribution is 5.96. The average molecular weight is 483 g/mol. The van der Waals surface area contributed by atoms with Gasteiger partial charge in [0.05, 0.1) is 71.4 Å². The Balaban J connectivity index is 1.55. The van der Waals surface area contributed by atoms with E-state index in [1.807, 2.05) is 13.0 Å². The number of hydrogen-bond acceptors (Lipinski definition) is 7. The lowest BCUT2D eigenvalue weighted by molar-refractivity contribution is -0.122. The number of halogens is 2. The van der Waals surface area contributed by atoms with Gasteiger partial charge < -0.3 is 20.3 Å². The van der Waals surface area contributed by atoms with Crippen LogP contribution in [0.25, 0.3) is 10.9 Å². The number of fused-ring (bicyclic) bond motifs is 1. The van der Waals surface area contributed by atoms with Gasteiger partial charge in [-0.1, -0.05) is 0 Å². The summed E-state index contributed by atoms with van der Waals surface area (Å²) >= 11 is 0. The van der Waals surface area contributed by atoms with Gasteiger partial charge >= 0.3 is 0 Å². The Morgan fingerprint density at radius 2 is 1.97 bits per heavy atom. The Kier molecular flexibility index (Phi) is 6.48. The number of carbonyl (C=O) groups is 1. The Hall–Kier alpha value is -3.37. The standard InChI is InChI=1S/C25H28F2N6O2/c1-14-23(19-3-4-20(31-19)25(34)28-2)32-21-10-15(26)9-18(27)22(21)24(14)30-16-11-17(13-29-12-16)33-5-7-35-8-6-33/h9-13,19-20,31H,3-8H2,1-2H3,(H,28,34)(H,30,32). The molecule has 1 amide bonds. The minimum atomic E-state index is -0.693. The fourth-order valence-electron chi connectivity index (χ4n) is 4.89. The number of ether oxygens (including phenoxy) is 1. The molecule has 0 spiro atoms. The second-order valence-electron chi connectivity index (χ2n) is 8.90.